The number of halogens is 1. The molecule has 1 amide bonds. The molecule has 5 nitrogen and oxygen atoms in total. The van der Waals surface area contributed by atoms with Gasteiger partial charge in [0, 0.05) is 17.7 Å². The van der Waals surface area contributed by atoms with Crippen LogP contribution in [0.15, 0.2) is 18.2 Å². The summed E-state index contributed by atoms with van der Waals surface area (Å²) >= 11 is 0. The zero-order valence-electron chi connectivity index (χ0n) is 11.2. The highest BCUT2D eigenvalue weighted by Gasteiger charge is 2.14. The highest BCUT2D eigenvalue weighted by molar-refractivity contribution is 5.93. The van der Waals surface area contributed by atoms with Crippen LogP contribution in [-0.2, 0) is 16.1 Å². The second-order valence-corrected chi connectivity index (χ2v) is 4.78. The van der Waals surface area contributed by atoms with E-state index in [0.717, 1.165) is 25.9 Å². The second-order valence-electron chi connectivity index (χ2n) is 4.78. The molecule has 1 unspecified atom stereocenters. The summed E-state index contributed by atoms with van der Waals surface area (Å²) in [5.74, 6) is 4.19. The van der Waals surface area contributed by atoms with Crippen LogP contribution in [0.2, 0.25) is 0 Å². The average Bonchev–Trinajstić information content (AvgIpc) is 2.49. The van der Waals surface area contributed by atoms with Crippen molar-refractivity contribution >= 4 is 5.91 Å². The van der Waals surface area contributed by atoms with Crippen molar-refractivity contribution in [2.24, 2.45) is 5.84 Å². The molecule has 3 N–H and O–H groups in total. The number of hydrogen-bond donors (Lipinski definition) is 2. The number of amides is 1. The van der Waals surface area contributed by atoms with Gasteiger partial charge in [0.25, 0.3) is 5.91 Å². The third-order valence-electron chi connectivity index (χ3n) is 3.27. The van der Waals surface area contributed by atoms with Crippen LogP contribution in [0, 0.1) is 5.82 Å². The Labute approximate surface area is 117 Å². The normalized spacial score (nSPS) is 18.8. The molecule has 1 atom stereocenters. The summed E-state index contributed by atoms with van der Waals surface area (Å²) in [6.45, 7) is 1.30. The van der Waals surface area contributed by atoms with Gasteiger partial charge in [-0.05, 0) is 37.5 Å². The summed E-state index contributed by atoms with van der Waals surface area (Å²) < 4.78 is 24.6. The van der Waals surface area contributed by atoms with Gasteiger partial charge in [-0.3, -0.25) is 10.2 Å². The third-order valence-corrected chi connectivity index (χ3v) is 3.27. The maximum atomic E-state index is 13.6. The van der Waals surface area contributed by atoms with Crippen molar-refractivity contribution in [1.29, 1.82) is 0 Å². The highest BCUT2D eigenvalue weighted by Crippen LogP contribution is 2.15. The largest absolute Gasteiger partial charge is 0.376 e. The van der Waals surface area contributed by atoms with E-state index >= 15 is 0 Å². The molecule has 0 bridgehead atoms. The first-order valence-corrected chi connectivity index (χ1v) is 6.69. The van der Waals surface area contributed by atoms with Gasteiger partial charge in [-0.1, -0.05) is 0 Å². The molecule has 1 aliphatic heterocycles. The fourth-order valence-electron chi connectivity index (χ4n) is 2.15. The lowest BCUT2D eigenvalue weighted by Crippen LogP contribution is -2.30. The van der Waals surface area contributed by atoms with Crippen molar-refractivity contribution < 1.29 is 18.7 Å². The van der Waals surface area contributed by atoms with E-state index in [4.69, 9.17) is 15.3 Å². The van der Waals surface area contributed by atoms with Crippen LogP contribution in [-0.4, -0.2) is 25.2 Å². The molecule has 0 aromatic heterocycles. The van der Waals surface area contributed by atoms with E-state index in [0.29, 0.717) is 17.7 Å². The summed E-state index contributed by atoms with van der Waals surface area (Å²) in [6, 6.07) is 4.06. The van der Waals surface area contributed by atoms with Crippen molar-refractivity contribution in [3.8, 4) is 0 Å². The molecule has 0 saturated carbocycles. The van der Waals surface area contributed by atoms with Crippen LogP contribution < -0.4 is 11.3 Å². The van der Waals surface area contributed by atoms with Gasteiger partial charge in [-0.25, -0.2) is 10.2 Å². The molecule has 0 aliphatic carbocycles. The van der Waals surface area contributed by atoms with Crippen molar-refractivity contribution in [2.45, 2.75) is 32.0 Å². The minimum absolute atomic E-state index is 0.0855. The Kier molecular flexibility index (Phi) is 5.46. The van der Waals surface area contributed by atoms with Crippen LogP contribution in [0.25, 0.3) is 0 Å². The number of rotatable bonds is 5. The lowest BCUT2D eigenvalue weighted by molar-refractivity contribution is -0.0451. The predicted molar refractivity (Wildman–Crippen MR) is 71.3 cm³/mol. The Morgan fingerprint density at radius 2 is 2.35 bits per heavy atom. The Morgan fingerprint density at radius 1 is 1.50 bits per heavy atom. The van der Waals surface area contributed by atoms with Gasteiger partial charge >= 0.3 is 0 Å². The molecule has 6 heteroatoms. The van der Waals surface area contributed by atoms with Crippen LogP contribution >= 0.6 is 0 Å². The van der Waals surface area contributed by atoms with Crippen LogP contribution in [0.5, 0.6) is 0 Å². The van der Waals surface area contributed by atoms with Gasteiger partial charge in [-0.15, -0.1) is 0 Å². The Bertz CT molecular complexity index is 462. The van der Waals surface area contributed by atoms with Gasteiger partial charge in [0.05, 0.1) is 19.3 Å². The maximum Gasteiger partial charge on any atom is 0.265 e. The molecule has 1 saturated heterocycles. The number of nitrogens with one attached hydrogen (secondary N) is 1. The molecule has 110 valence electrons. The van der Waals surface area contributed by atoms with E-state index in [9.17, 15) is 9.18 Å². The third kappa shape index (κ3) is 4.00. The monoisotopic (exact) mass is 282 g/mol. The van der Waals surface area contributed by atoms with Gasteiger partial charge in [0.2, 0.25) is 0 Å². The Morgan fingerprint density at radius 3 is 3.05 bits per heavy atom. The quantitative estimate of drug-likeness (QED) is 0.488. The molecular formula is C14H19FN2O3. The molecule has 1 fully saturated rings. The number of nitrogens with two attached hydrogens (primary N) is 1. The Hall–Kier alpha value is -1.50. The standard InChI is InChI=1S/C14H19FN2O3/c15-13-5-4-10(14(18)17-16)7-11(13)8-19-9-12-3-1-2-6-20-12/h4-5,7,12H,1-3,6,8-9,16H2,(H,17,18). The van der Waals surface area contributed by atoms with Gasteiger partial charge in [-0.2, -0.15) is 0 Å². The molecule has 1 heterocycles. The lowest BCUT2D eigenvalue weighted by atomic mass is 10.1. The zero-order valence-corrected chi connectivity index (χ0v) is 11.2. The van der Waals surface area contributed by atoms with Crippen molar-refractivity contribution in [3.63, 3.8) is 0 Å². The minimum atomic E-state index is -0.457. The molecule has 1 aromatic rings. The van der Waals surface area contributed by atoms with Gasteiger partial charge in [0.1, 0.15) is 5.82 Å². The van der Waals surface area contributed by atoms with Crippen LogP contribution in [0.1, 0.15) is 35.2 Å². The molecule has 1 aromatic carbocycles. The maximum absolute atomic E-state index is 13.6. The van der Waals surface area contributed by atoms with Crippen molar-refractivity contribution in [2.75, 3.05) is 13.2 Å². The fourth-order valence-corrected chi connectivity index (χ4v) is 2.15. The summed E-state index contributed by atoms with van der Waals surface area (Å²) in [4.78, 5) is 11.4. The molecule has 1 aliphatic rings. The van der Waals surface area contributed by atoms with Gasteiger partial charge < -0.3 is 9.47 Å². The van der Waals surface area contributed by atoms with Crippen molar-refractivity contribution in [3.05, 3.63) is 35.1 Å². The number of carbonyl (C=O) groups excluding carboxylic acids is 1. The number of benzene rings is 1. The van der Waals surface area contributed by atoms with E-state index in [1.54, 1.807) is 0 Å². The fraction of sp³-hybridized carbons (Fsp3) is 0.500. The van der Waals surface area contributed by atoms with E-state index in [1.807, 2.05) is 5.43 Å². The number of carbonyl (C=O) groups is 1. The molecule has 0 radical (unpaired) electrons. The first-order chi connectivity index (χ1) is 9.70. The molecule has 0 spiro atoms. The zero-order chi connectivity index (χ0) is 14.4. The number of ether oxygens (including phenoxy) is 2. The summed E-state index contributed by atoms with van der Waals surface area (Å²) in [5.41, 5.74) is 2.66. The first-order valence-electron chi connectivity index (χ1n) is 6.69. The summed E-state index contributed by atoms with van der Waals surface area (Å²) in [6.07, 6.45) is 3.27. The van der Waals surface area contributed by atoms with E-state index in [-0.39, 0.29) is 12.7 Å². The molecule has 2 rings (SSSR count). The first kappa shape index (κ1) is 14.9. The van der Waals surface area contributed by atoms with Crippen LogP contribution in [0.3, 0.4) is 0 Å². The Balaban J connectivity index is 1.89. The van der Waals surface area contributed by atoms with E-state index in [2.05, 4.69) is 0 Å². The van der Waals surface area contributed by atoms with Crippen molar-refractivity contribution in [1.82, 2.24) is 5.43 Å². The number of hydrazine groups is 1. The molecule has 20 heavy (non-hydrogen) atoms. The number of nitrogen functional groups attached to an aromatic ring is 1. The van der Waals surface area contributed by atoms with Crippen LogP contribution in [0.4, 0.5) is 4.39 Å². The SMILES string of the molecule is NNC(=O)c1ccc(F)c(COCC2CCCCO2)c1. The number of hydrogen-bond acceptors (Lipinski definition) is 4. The van der Waals surface area contributed by atoms with E-state index < -0.39 is 11.7 Å². The lowest BCUT2D eigenvalue weighted by Gasteiger charge is -2.22. The van der Waals surface area contributed by atoms with E-state index in [1.165, 1.54) is 18.2 Å². The minimum Gasteiger partial charge on any atom is -0.376 e. The average molecular weight is 282 g/mol. The summed E-state index contributed by atoms with van der Waals surface area (Å²) in [5, 5.41) is 0. The molecular weight excluding hydrogens is 263 g/mol. The summed E-state index contributed by atoms with van der Waals surface area (Å²) in [7, 11) is 0. The predicted octanol–water partition coefficient (Wildman–Crippen LogP) is 1.51. The second kappa shape index (κ2) is 7.33. The highest BCUT2D eigenvalue weighted by atomic mass is 19.1. The topological polar surface area (TPSA) is 73.6 Å². The smallest absolute Gasteiger partial charge is 0.265 e. The van der Waals surface area contributed by atoms with Gasteiger partial charge in [0.15, 0.2) is 0 Å².